The second-order valence-electron chi connectivity index (χ2n) is 3.83. The SMILES string of the molecule is C[C@H]1C[C@H](c2ccccc2N)C(=O)N1. The summed E-state index contributed by atoms with van der Waals surface area (Å²) in [5, 5.41) is 2.90. The smallest absolute Gasteiger partial charge is 0.227 e. The first-order chi connectivity index (χ1) is 6.68. The Morgan fingerprint density at radius 1 is 1.43 bits per heavy atom. The molecular weight excluding hydrogens is 176 g/mol. The van der Waals surface area contributed by atoms with Crippen molar-refractivity contribution in [2.24, 2.45) is 0 Å². The van der Waals surface area contributed by atoms with Gasteiger partial charge in [0.15, 0.2) is 0 Å². The number of anilines is 1. The van der Waals surface area contributed by atoms with Crippen LogP contribution in [0.3, 0.4) is 0 Å². The molecule has 1 amide bonds. The van der Waals surface area contributed by atoms with E-state index in [0.717, 1.165) is 12.0 Å². The van der Waals surface area contributed by atoms with Gasteiger partial charge in [-0.25, -0.2) is 0 Å². The maximum absolute atomic E-state index is 11.6. The second kappa shape index (κ2) is 3.33. The van der Waals surface area contributed by atoms with Crippen molar-refractivity contribution in [3.8, 4) is 0 Å². The molecule has 0 spiro atoms. The first-order valence-electron chi connectivity index (χ1n) is 4.83. The van der Waals surface area contributed by atoms with Crippen LogP contribution in [0.5, 0.6) is 0 Å². The van der Waals surface area contributed by atoms with Crippen molar-refractivity contribution in [3.63, 3.8) is 0 Å². The van der Waals surface area contributed by atoms with E-state index in [1.165, 1.54) is 0 Å². The zero-order valence-corrected chi connectivity index (χ0v) is 8.16. The fourth-order valence-electron chi connectivity index (χ4n) is 1.96. The number of rotatable bonds is 1. The standard InChI is InChI=1S/C11H14N2O/c1-7-6-9(11(14)13-7)8-4-2-3-5-10(8)12/h2-5,7,9H,6,12H2,1H3,(H,13,14)/t7-,9+/m0/s1. The molecule has 0 radical (unpaired) electrons. The van der Waals surface area contributed by atoms with Crippen molar-refractivity contribution in [1.29, 1.82) is 0 Å². The molecule has 0 aliphatic carbocycles. The summed E-state index contributed by atoms with van der Waals surface area (Å²) in [7, 11) is 0. The molecule has 1 aliphatic rings. The van der Waals surface area contributed by atoms with Crippen LogP contribution in [0, 0.1) is 0 Å². The summed E-state index contributed by atoms with van der Waals surface area (Å²) < 4.78 is 0. The Bertz CT molecular complexity index is 362. The molecule has 0 unspecified atom stereocenters. The predicted molar refractivity (Wildman–Crippen MR) is 55.8 cm³/mol. The van der Waals surface area contributed by atoms with Crippen LogP contribution in [0.15, 0.2) is 24.3 Å². The van der Waals surface area contributed by atoms with E-state index in [0.29, 0.717) is 5.69 Å². The summed E-state index contributed by atoms with van der Waals surface area (Å²) in [5.74, 6) is 0.0293. The van der Waals surface area contributed by atoms with Crippen LogP contribution in [0.25, 0.3) is 0 Å². The molecule has 1 aromatic carbocycles. The lowest BCUT2D eigenvalue weighted by molar-refractivity contribution is -0.120. The molecule has 1 aliphatic heterocycles. The first-order valence-corrected chi connectivity index (χ1v) is 4.83. The highest BCUT2D eigenvalue weighted by Gasteiger charge is 2.31. The highest BCUT2D eigenvalue weighted by molar-refractivity contribution is 5.87. The summed E-state index contributed by atoms with van der Waals surface area (Å²) >= 11 is 0. The molecule has 2 rings (SSSR count). The van der Waals surface area contributed by atoms with Crippen molar-refractivity contribution in [1.82, 2.24) is 5.32 Å². The summed E-state index contributed by atoms with van der Waals surface area (Å²) in [4.78, 5) is 11.6. The summed E-state index contributed by atoms with van der Waals surface area (Å²) in [6.45, 7) is 2.01. The number of hydrogen-bond acceptors (Lipinski definition) is 2. The maximum Gasteiger partial charge on any atom is 0.227 e. The average Bonchev–Trinajstić information content (AvgIpc) is 2.46. The van der Waals surface area contributed by atoms with Gasteiger partial charge in [-0.15, -0.1) is 0 Å². The van der Waals surface area contributed by atoms with E-state index >= 15 is 0 Å². The van der Waals surface area contributed by atoms with Crippen molar-refractivity contribution in [2.45, 2.75) is 25.3 Å². The molecule has 0 bridgehead atoms. The van der Waals surface area contributed by atoms with E-state index in [1.807, 2.05) is 31.2 Å². The first kappa shape index (κ1) is 9.06. The lowest BCUT2D eigenvalue weighted by Crippen LogP contribution is -2.23. The van der Waals surface area contributed by atoms with E-state index in [9.17, 15) is 4.79 Å². The van der Waals surface area contributed by atoms with Gasteiger partial charge in [0.05, 0.1) is 5.92 Å². The van der Waals surface area contributed by atoms with Crippen LogP contribution in [0.2, 0.25) is 0 Å². The van der Waals surface area contributed by atoms with Gasteiger partial charge in [0.2, 0.25) is 5.91 Å². The van der Waals surface area contributed by atoms with E-state index < -0.39 is 0 Å². The fourth-order valence-corrected chi connectivity index (χ4v) is 1.96. The zero-order chi connectivity index (χ0) is 10.1. The quantitative estimate of drug-likeness (QED) is 0.655. The van der Waals surface area contributed by atoms with Crippen molar-refractivity contribution < 1.29 is 4.79 Å². The van der Waals surface area contributed by atoms with Crippen LogP contribution in [-0.2, 0) is 4.79 Å². The molecule has 3 N–H and O–H groups in total. The Morgan fingerprint density at radius 2 is 2.14 bits per heavy atom. The molecule has 14 heavy (non-hydrogen) atoms. The van der Waals surface area contributed by atoms with E-state index in [-0.39, 0.29) is 17.9 Å². The number of hydrogen-bond donors (Lipinski definition) is 2. The average molecular weight is 190 g/mol. The number of carbonyl (C=O) groups excluding carboxylic acids is 1. The van der Waals surface area contributed by atoms with E-state index in [2.05, 4.69) is 5.32 Å². The minimum atomic E-state index is -0.0637. The predicted octanol–water partition coefficient (Wildman–Crippen LogP) is 1.26. The van der Waals surface area contributed by atoms with Crippen molar-refractivity contribution in [2.75, 3.05) is 5.73 Å². The largest absolute Gasteiger partial charge is 0.398 e. The minimum absolute atomic E-state index is 0.0637. The molecule has 0 saturated carbocycles. The monoisotopic (exact) mass is 190 g/mol. The van der Waals surface area contributed by atoms with E-state index in [1.54, 1.807) is 0 Å². The Kier molecular flexibility index (Phi) is 2.15. The number of amides is 1. The number of para-hydroxylation sites is 1. The summed E-state index contributed by atoms with van der Waals surface area (Å²) in [6.07, 6.45) is 0.840. The normalized spacial score (nSPS) is 26.2. The Morgan fingerprint density at radius 3 is 2.71 bits per heavy atom. The second-order valence-corrected chi connectivity index (χ2v) is 3.83. The minimum Gasteiger partial charge on any atom is -0.398 e. The molecule has 1 saturated heterocycles. The van der Waals surface area contributed by atoms with Gasteiger partial charge in [-0.05, 0) is 25.0 Å². The molecule has 2 atom stereocenters. The fraction of sp³-hybridized carbons (Fsp3) is 0.364. The van der Waals surface area contributed by atoms with Gasteiger partial charge >= 0.3 is 0 Å². The Labute approximate surface area is 83.3 Å². The molecule has 1 fully saturated rings. The lowest BCUT2D eigenvalue weighted by atomic mass is 9.95. The number of carbonyl (C=O) groups is 1. The highest BCUT2D eigenvalue weighted by Crippen LogP contribution is 2.30. The van der Waals surface area contributed by atoms with Gasteiger partial charge in [0.25, 0.3) is 0 Å². The number of benzene rings is 1. The molecular formula is C11H14N2O. The van der Waals surface area contributed by atoms with Crippen LogP contribution in [0.1, 0.15) is 24.8 Å². The number of nitrogen functional groups attached to an aromatic ring is 1. The number of nitrogens with one attached hydrogen (secondary N) is 1. The summed E-state index contributed by atoms with van der Waals surface area (Å²) in [6, 6.07) is 7.83. The van der Waals surface area contributed by atoms with Crippen LogP contribution >= 0.6 is 0 Å². The van der Waals surface area contributed by atoms with Gasteiger partial charge in [0, 0.05) is 11.7 Å². The van der Waals surface area contributed by atoms with Crippen molar-refractivity contribution >= 4 is 11.6 Å². The highest BCUT2D eigenvalue weighted by atomic mass is 16.2. The maximum atomic E-state index is 11.6. The molecule has 1 aromatic rings. The topological polar surface area (TPSA) is 55.1 Å². The van der Waals surface area contributed by atoms with Crippen LogP contribution in [-0.4, -0.2) is 11.9 Å². The van der Waals surface area contributed by atoms with Gasteiger partial charge < -0.3 is 11.1 Å². The lowest BCUT2D eigenvalue weighted by Gasteiger charge is -2.09. The molecule has 3 heteroatoms. The van der Waals surface area contributed by atoms with Gasteiger partial charge in [-0.1, -0.05) is 18.2 Å². The summed E-state index contributed by atoms with van der Waals surface area (Å²) in [5.41, 5.74) is 7.49. The molecule has 1 heterocycles. The number of nitrogens with two attached hydrogens (primary N) is 1. The zero-order valence-electron chi connectivity index (χ0n) is 8.16. The Balaban J connectivity index is 2.32. The van der Waals surface area contributed by atoms with Gasteiger partial charge in [-0.2, -0.15) is 0 Å². The van der Waals surface area contributed by atoms with Crippen LogP contribution in [0.4, 0.5) is 5.69 Å². The van der Waals surface area contributed by atoms with Gasteiger partial charge in [-0.3, -0.25) is 4.79 Å². The molecule has 0 aromatic heterocycles. The molecule has 3 nitrogen and oxygen atoms in total. The third kappa shape index (κ3) is 1.45. The molecule has 74 valence electrons. The van der Waals surface area contributed by atoms with E-state index in [4.69, 9.17) is 5.73 Å². The Hall–Kier alpha value is -1.51. The third-order valence-electron chi connectivity index (χ3n) is 2.67. The van der Waals surface area contributed by atoms with Crippen molar-refractivity contribution in [3.05, 3.63) is 29.8 Å². The van der Waals surface area contributed by atoms with Crippen LogP contribution < -0.4 is 11.1 Å². The third-order valence-corrected chi connectivity index (χ3v) is 2.67. The van der Waals surface area contributed by atoms with Gasteiger partial charge in [0.1, 0.15) is 0 Å².